The monoisotopic (exact) mass is 314 g/mol. The number of carboxylic acid groups (broad SMARTS) is 1. The molecule has 118 valence electrons. The van der Waals surface area contributed by atoms with Crippen LogP contribution < -0.4 is 10.7 Å². The van der Waals surface area contributed by atoms with Crippen LogP contribution in [0.5, 0.6) is 5.75 Å². The molecule has 1 aliphatic rings. The summed E-state index contributed by atoms with van der Waals surface area (Å²) in [5.74, 6) is -2.87. The maximum atomic E-state index is 12.0. The third-order valence-corrected chi connectivity index (χ3v) is 3.86. The van der Waals surface area contributed by atoms with Crippen molar-refractivity contribution in [2.24, 2.45) is 0 Å². The lowest BCUT2D eigenvalue weighted by atomic mass is 10.0. The summed E-state index contributed by atoms with van der Waals surface area (Å²) >= 11 is 0. The fourth-order valence-corrected chi connectivity index (χ4v) is 2.73. The second-order valence-corrected chi connectivity index (χ2v) is 5.34. The lowest BCUT2D eigenvalue weighted by Crippen LogP contribution is -2.42. The molecule has 23 heavy (non-hydrogen) atoms. The molecule has 0 fully saturated rings. The first-order valence-electron chi connectivity index (χ1n) is 7.02. The van der Waals surface area contributed by atoms with Gasteiger partial charge < -0.3 is 20.1 Å². The van der Waals surface area contributed by atoms with E-state index < -0.39 is 28.6 Å². The number of amides is 1. The van der Waals surface area contributed by atoms with Crippen LogP contribution in [-0.2, 0) is 6.42 Å². The molecule has 3 N–H and O–H groups in total. The quantitative estimate of drug-likeness (QED) is 0.776. The first kappa shape index (κ1) is 14.8. The van der Waals surface area contributed by atoms with Gasteiger partial charge in [-0.1, -0.05) is 30.3 Å². The zero-order valence-electron chi connectivity index (χ0n) is 12.0. The fraction of sp³-hybridized carbons (Fsp3) is 0.188. The number of aromatic nitrogens is 1. The van der Waals surface area contributed by atoms with Crippen molar-refractivity contribution in [2.75, 3.05) is 6.54 Å². The van der Waals surface area contributed by atoms with E-state index >= 15 is 0 Å². The van der Waals surface area contributed by atoms with Crippen LogP contribution in [0.15, 0.2) is 41.3 Å². The van der Waals surface area contributed by atoms with Crippen LogP contribution in [0.2, 0.25) is 0 Å². The number of aromatic carboxylic acids is 1. The van der Waals surface area contributed by atoms with Crippen LogP contribution in [0.1, 0.15) is 32.5 Å². The standard InChI is InChI=1S/C16H14N2O5/c19-13-11(16(22)23)8-18-10(6-9-4-2-1-3-5-9)7-17-15(21)12(18)14(13)20/h1-5,8,10,20H,6-7H2,(H,17,21)(H,22,23). The number of fused-ring (bicyclic) bond motifs is 1. The highest BCUT2D eigenvalue weighted by molar-refractivity contribution is 5.97. The maximum absolute atomic E-state index is 12.0. The minimum absolute atomic E-state index is 0.202. The Labute approximate surface area is 130 Å². The van der Waals surface area contributed by atoms with Crippen molar-refractivity contribution >= 4 is 11.9 Å². The predicted octanol–water partition coefficient (Wildman–Crippen LogP) is 0.779. The highest BCUT2D eigenvalue weighted by Crippen LogP contribution is 2.24. The van der Waals surface area contributed by atoms with Crippen LogP contribution in [0.4, 0.5) is 0 Å². The van der Waals surface area contributed by atoms with Gasteiger partial charge in [0.05, 0.1) is 6.04 Å². The number of carboxylic acids is 1. The fourth-order valence-electron chi connectivity index (χ4n) is 2.73. The Morgan fingerprint density at radius 3 is 2.61 bits per heavy atom. The summed E-state index contributed by atoms with van der Waals surface area (Å²) in [7, 11) is 0. The van der Waals surface area contributed by atoms with Gasteiger partial charge in [0.2, 0.25) is 5.43 Å². The molecule has 1 aromatic carbocycles. The molecule has 0 saturated carbocycles. The SMILES string of the molecule is O=C(O)c1cn2c(c(O)c1=O)C(=O)NCC2Cc1ccccc1. The van der Waals surface area contributed by atoms with Crippen LogP contribution >= 0.6 is 0 Å². The zero-order chi connectivity index (χ0) is 16.6. The number of aromatic hydroxyl groups is 1. The van der Waals surface area contributed by atoms with Gasteiger partial charge in [0, 0.05) is 12.7 Å². The molecule has 1 amide bonds. The number of carbonyl (C=O) groups excluding carboxylic acids is 1. The summed E-state index contributed by atoms with van der Waals surface area (Å²) in [6, 6.07) is 9.17. The molecule has 2 heterocycles. The van der Waals surface area contributed by atoms with Crippen LogP contribution in [-0.4, -0.2) is 33.2 Å². The van der Waals surface area contributed by atoms with Crippen molar-refractivity contribution in [1.82, 2.24) is 9.88 Å². The van der Waals surface area contributed by atoms with E-state index in [-0.39, 0.29) is 18.3 Å². The van der Waals surface area contributed by atoms with E-state index in [0.29, 0.717) is 6.42 Å². The normalized spacial score (nSPS) is 16.5. The summed E-state index contributed by atoms with van der Waals surface area (Å²) in [6.45, 7) is 0.280. The highest BCUT2D eigenvalue weighted by atomic mass is 16.4. The molecule has 1 aliphatic heterocycles. The highest BCUT2D eigenvalue weighted by Gasteiger charge is 2.30. The van der Waals surface area contributed by atoms with Gasteiger partial charge in [0.15, 0.2) is 11.4 Å². The van der Waals surface area contributed by atoms with Crippen molar-refractivity contribution in [2.45, 2.75) is 12.5 Å². The minimum atomic E-state index is -1.44. The Bertz CT molecular complexity index is 842. The number of rotatable bonds is 3. The molecule has 0 radical (unpaired) electrons. The molecule has 1 aromatic heterocycles. The van der Waals surface area contributed by atoms with E-state index in [2.05, 4.69) is 5.32 Å². The lowest BCUT2D eigenvalue weighted by molar-refractivity contribution is 0.0691. The van der Waals surface area contributed by atoms with Gasteiger partial charge in [-0.3, -0.25) is 9.59 Å². The van der Waals surface area contributed by atoms with E-state index in [0.717, 1.165) is 11.8 Å². The number of nitrogens with zero attached hydrogens (tertiary/aromatic N) is 1. The van der Waals surface area contributed by atoms with Gasteiger partial charge in [-0.25, -0.2) is 4.79 Å². The van der Waals surface area contributed by atoms with E-state index in [1.807, 2.05) is 30.3 Å². The first-order valence-corrected chi connectivity index (χ1v) is 7.02. The van der Waals surface area contributed by atoms with Crippen LogP contribution in [0.25, 0.3) is 0 Å². The van der Waals surface area contributed by atoms with Gasteiger partial charge in [0.25, 0.3) is 5.91 Å². The average Bonchev–Trinajstić information content (AvgIpc) is 2.53. The molecule has 1 atom stereocenters. The van der Waals surface area contributed by atoms with Gasteiger partial charge in [0.1, 0.15) is 5.56 Å². The molecule has 7 heteroatoms. The Hall–Kier alpha value is -3.09. The number of pyridine rings is 1. The Kier molecular flexibility index (Phi) is 3.61. The molecule has 3 rings (SSSR count). The van der Waals surface area contributed by atoms with Crippen molar-refractivity contribution in [1.29, 1.82) is 0 Å². The number of benzene rings is 1. The lowest BCUT2D eigenvalue weighted by Gasteiger charge is -2.29. The van der Waals surface area contributed by atoms with Crippen molar-refractivity contribution < 1.29 is 19.8 Å². The van der Waals surface area contributed by atoms with Gasteiger partial charge in [-0.05, 0) is 12.0 Å². The van der Waals surface area contributed by atoms with Crippen molar-refractivity contribution in [3.05, 3.63) is 63.6 Å². The van der Waals surface area contributed by atoms with Crippen molar-refractivity contribution in [3.8, 4) is 5.75 Å². The van der Waals surface area contributed by atoms with Crippen LogP contribution in [0, 0.1) is 0 Å². The smallest absolute Gasteiger partial charge is 0.341 e. The molecule has 0 spiro atoms. The zero-order valence-corrected chi connectivity index (χ0v) is 12.0. The summed E-state index contributed by atoms with van der Waals surface area (Å²) < 4.78 is 1.38. The molecule has 0 bridgehead atoms. The van der Waals surface area contributed by atoms with Gasteiger partial charge >= 0.3 is 5.97 Å². The van der Waals surface area contributed by atoms with E-state index in [1.165, 1.54) is 4.57 Å². The third-order valence-electron chi connectivity index (χ3n) is 3.86. The Morgan fingerprint density at radius 2 is 1.96 bits per heavy atom. The number of hydrogen-bond acceptors (Lipinski definition) is 4. The number of hydrogen-bond donors (Lipinski definition) is 3. The topological polar surface area (TPSA) is 109 Å². The van der Waals surface area contributed by atoms with Crippen LogP contribution in [0.3, 0.4) is 0 Å². The molecule has 0 saturated heterocycles. The van der Waals surface area contributed by atoms with E-state index in [9.17, 15) is 19.5 Å². The minimum Gasteiger partial charge on any atom is -0.503 e. The molecule has 2 aromatic rings. The Balaban J connectivity index is 2.12. The van der Waals surface area contributed by atoms with Crippen molar-refractivity contribution in [3.63, 3.8) is 0 Å². The second-order valence-electron chi connectivity index (χ2n) is 5.34. The maximum Gasteiger partial charge on any atom is 0.341 e. The number of nitrogens with one attached hydrogen (secondary N) is 1. The molecule has 0 aliphatic carbocycles. The summed E-state index contributed by atoms with van der Waals surface area (Å²) in [5.41, 5.74) is -0.819. The molecule has 1 unspecified atom stereocenters. The van der Waals surface area contributed by atoms with Gasteiger partial charge in [-0.2, -0.15) is 0 Å². The largest absolute Gasteiger partial charge is 0.503 e. The molecular formula is C16H14N2O5. The predicted molar refractivity (Wildman–Crippen MR) is 80.8 cm³/mol. The van der Waals surface area contributed by atoms with Gasteiger partial charge in [-0.15, -0.1) is 0 Å². The first-order chi connectivity index (χ1) is 11.0. The summed E-state index contributed by atoms with van der Waals surface area (Å²) in [6.07, 6.45) is 1.65. The summed E-state index contributed by atoms with van der Waals surface area (Å²) in [5, 5.41) is 21.7. The van der Waals surface area contributed by atoms with E-state index in [4.69, 9.17) is 5.11 Å². The number of carbonyl (C=O) groups is 2. The second kappa shape index (κ2) is 5.60. The summed E-state index contributed by atoms with van der Waals surface area (Å²) in [4.78, 5) is 35.0. The Morgan fingerprint density at radius 1 is 1.26 bits per heavy atom. The molecular weight excluding hydrogens is 300 g/mol. The third kappa shape index (κ3) is 2.57. The molecule has 7 nitrogen and oxygen atoms in total. The van der Waals surface area contributed by atoms with E-state index in [1.54, 1.807) is 0 Å². The average molecular weight is 314 g/mol.